The van der Waals surface area contributed by atoms with Gasteiger partial charge in [0.15, 0.2) is 0 Å². The molecule has 1 aromatic rings. The summed E-state index contributed by atoms with van der Waals surface area (Å²) in [7, 11) is 0. The van der Waals surface area contributed by atoms with E-state index in [0.717, 1.165) is 58.4 Å². The average Bonchev–Trinajstić information content (AvgIpc) is 2.67. The number of hydrogen-bond acceptors (Lipinski definition) is 3. The fourth-order valence-electron chi connectivity index (χ4n) is 3.90. The molecule has 1 heterocycles. The predicted octanol–water partition coefficient (Wildman–Crippen LogP) is 3.37. The lowest BCUT2D eigenvalue weighted by Crippen LogP contribution is -2.48. The number of amides is 1. The first-order valence-corrected chi connectivity index (χ1v) is 10.1. The summed E-state index contributed by atoms with van der Waals surface area (Å²) in [6.07, 6.45) is 8.29. The van der Waals surface area contributed by atoms with Gasteiger partial charge in [-0.05, 0) is 57.2 Å². The highest BCUT2D eigenvalue weighted by Crippen LogP contribution is 2.19. The minimum atomic E-state index is 0.181. The molecule has 1 N–H and O–H groups in total. The molecular weight excluding hydrogens is 322 g/mol. The van der Waals surface area contributed by atoms with Gasteiger partial charge in [0, 0.05) is 50.4 Å². The van der Waals surface area contributed by atoms with E-state index in [2.05, 4.69) is 65.4 Å². The lowest BCUT2D eigenvalue weighted by atomic mass is 9.93. The van der Waals surface area contributed by atoms with Gasteiger partial charge in [0.1, 0.15) is 0 Å². The summed E-state index contributed by atoms with van der Waals surface area (Å²) in [5, 5.41) is 3.22. The molecule has 1 amide bonds. The highest BCUT2D eigenvalue weighted by molar-refractivity contribution is 5.79. The summed E-state index contributed by atoms with van der Waals surface area (Å²) >= 11 is 0. The molecular formula is C22H33N3O. The molecule has 0 aromatic heterocycles. The number of rotatable bonds is 6. The smallest absolute Gasteiger partial charge is 0.223 e. The van der Waals surface area contributed by atoms with E-state index in [0.29, 0.717) is 0 Å². The van der Waals surface area contributed by atoms with Crippen LogP contribution in [0.5, 0.6) is 0 Å². The van der Waals surface area contributed by atoms with Crippen molar-refractivity contribution < 1.29 is 4.79 Å². The number of carbonyl (C=O) groups is 1. The number of nitrogens with one attached hydrogen (secondary N) is 1. The number of hydrogen-bond donors (Lipinski definition) is 1. The van der Waals surface area contributed by atoms with Crippen molar-refractivity contribution in [3.63, 3.8) is 0 Å². The van der Waals surface area contributed by atoms with Crippen LogP contribution in [-0.4, -0.2) is 49.6 Å². The Morgan fingerprint density at radius 2 is 2.04 bits per heavy atom. The molecule has 2 aliphatic rings. The van der Waals surface area contributed by atoms with Crippen LogP contribution in [-0.2, 0) is 4.79 Å². The minimum Gasteiger partial charge on any atom is -0.369 e. The van der Waals surface area contributed by atoms with E-state index in [1.165, 1.54) is 11.3 Å². The molecule has 2 unspecified atom stereocenters. The number of carbonyl (C=O) groups excluding carboxylic acids is 1. The van der Waals surface area contributed by atoms with Crippen LogP contribution in [0.2, 0.25) is 0 Å². The molecule has 1 aliphatic carbocycles. The summed E-state index contributed by atoms with van der Waals surface area (Å²) in [6.45, 7) is 9.72. The number of nitrogens with zero attached hydrogens (tertiary/aromatic N) is 2. The quantitative estimate of drug-likeness (QED) is 0.795. The molecule has 4 nitrogen and oxygen atoms in total. The van der Waals surface area contributed by atoms with Crippen LogP contribution in [0.25, 0.3) is 0 Å². The highest BCUT2D eigenvalue weighted by Gasteiger charge is 2.21. The van der Waals surface area contributed by atoms with Crippen LogP contribution < -0.4 is 10.2 Å². The van der Waals surface area contributed by atoms with Crippen LogP contribution >= 0.6 is 0 Å². The molecule has 2 atom stereocenters. The number of anilines is 1. The fourth-order valence-corrected chi connectivity index (χ4v) is 3.90. The average molecular weight is 356 g/mol. The zero-order chi connectivity index (χ0) is 18.4. The first kappa shape index (κ1) is 19.0. The highest BCUT2D eigenvalue weighted by atomic mass is 16.1. The molecule has 1 saturated heterocycles. The maximum absolute atomic E-state index is 12.3. The van der Waals surface area contributed by atoms with Gasteiger partial charge in [-0.3, -0.25) is 9.69 Å². The lowest BCUT2D eigenvalue weighted by Gasteiger charge is -2.36. The minimum absolute atomic E-state index is 0.181. The normalized spacial score (nSPS) is 22.2. The second-order valence-electron chi connectivity index (χ2n) is 7.85. The van der Waals surface area contributed by atoms with Gasteiger partial charge in [-0.15, -0.1) is 0 Å². The van der Waals surface area contributed by atoms with Crippen molar-refractivity contribution >= 4 is 11.6 Å². The van der Waals surface area contributed by atoms with Crippen molar-refractivity contribution in [1.82, 2.24) is 10.2 Å². The molecule has 4 heteroatoms. The maximum atomic E-state index is 12.3. The van der Waals surface area contributed by atoms with Gasteiger partial charge < -0.3 is 10.2 Å². The monoisotopic (exact) mass is 355 g/mol. The van der Waals surface area contributed by atoms with Gasteiger partial charge in [-0.1, -0.05) is 24.3 Å². The topological polar surface area (TPSA) is 35.6 Å². The van der Waals surface area contributed by atoms with E-state index in [-0.39, 0.29) is 17.9 Å². The van der Waals surface area contributed by atoms with Gasteiger partial charge >= 0.3 is 0 Å². The van der Waals surface area contributed by atoms with Crippen molar-refractivity contribution in [2.24, 2.45) is 5.92 Å². The third kappa shape index (κ3) is 5.34. The summed E-state index contributed by atoms with van der Waals surface area (Å²) < 4.78 is 0. The molecule has 1 fully saturated rings. The van der Waals surface area contributed by atoms with Crippen LogP contribution in [0.1, 0.15) is 38.2 Å². The largest absolute Gasteiger partial charge is 0.369 e. The van der Waals surface area contributed by atoms with E-state index < -0.39 is 0 Å². The Labute approximate surface area is 158 Å². The van der Waals surface area contributed by atoms with E-state index in [1.807, 2.05) is 0 Å². The molecule has 1 aliphatic heterocycles. The van der Waals surface area contributed by atoms with Gasteiger partial charge in [0.05, 0.1) is 0 Å². The van der Waals surface area contributed by atoms with Crippen LogP contribution in [0.3, 0.4) is 0 Å². The lowest BCUT2D eigenvalue weighted by molar-refractivity contribution is -0.125. The van der Waals surface area contributed by atoms with Crippen molar-refractivity contribution in [3.8, 4) is 0 Å². The molecule has 0 bridgehead atoms. The van der Waals surface area contributed by atoms with Crippen molar-refractivity contribution in [2.45, 2.75) is 45.6 Å². The van der Waals surface area contributed by atoms with Gasteiger partial charge in [0.2, 0.25) is 5.91 Å². The number of benzene rings is 1. The Morgan fingerprint density at radius 3 is 2.73 bits per heavy atom. The Bertz CT molecular complexity index is 620. The number of aryl methyl sites for hydroxylation is 1. The molecule has 142 valence electrons. The summed E-state index contributed by atoms with van der Waals surface area (Å²) in [5.74, 6) is 0.423. The number of piperazine rings is 1. The number of allylic oxidation sites excluding steroid dienone is 2. The molecule has 1 aromatic carbocycles. The van der Waals surface area contributed by atoms with Crippen molar-refractivity contribution in [2.75, 3.05) is 37.6 Å². The van der Waals surface area contributed by atoms with Crippen LogP contribution in [0, 0.1) is 12.8 Å². The second-order valence-corrected chi connectivity index (χ2v) is 7.85. The molecule has 0 saturated carbocycles. The fraction of sp³-hybridized carbons (Fsp3) is 0.591. The Morgan fingerprint density at radius 1 is 1.23 bits per heavy atom. The standard InChI is InChI=1S/C22H33N3O/c1-18-7-6-10-21(17-18)25-15-13-24(14-16-25)12-11-19(2)23-22(26)20-8-4-3-5-9-20/h3-4,6-7,10,17,19-20H,5,8-9,11-16H2,1-2H3,(H,23,26). The Balaban J connectivity index is 1.36. The Kier molecular flexibility index (Phi) is 6.73. The zero-order valence-corrected chi connectivity index (χ0v) is 16.3. The zero-order valence-electron chi connectivity index (χ0n) is 16.3. The van der Waals surface area contributed by atoms with Crippen molar-refractivity contribution in [3.05, 3.63) is 42.0 Å². The first-order valence-electron chi connectivity index (χ1n) is 10.1. The Hall–Kier alpha value is -1.81. The molecule has 26 heavy (non-hydrogen) atoms. The van der Waals surface area contributed by atoms with Gasteiger partial charge in [-0.25, -0.2) is 0 Å². The summed E-state index contributed by atoms with van der Waals surface area (Å²) in [4.78, 5) is 17.3. The first-order chi connectivity index (χ1) is 12.6. The van der Waals surface area contributed by atoms with Gasteiger partial charge in [-0.2, -0.15) is 0 Å². The summed E-state index contributed by atoms with van der Waals surface area (Å²) in [5.41, 5.74) is 2.66. The van der Waals surface area contributed by atoms with E-state index >= 15 is 0 Å². The predicted molar refractivity (Wildman–Crippen MR) is 109 cm³/mol. The van der Waals surface area contributed by atoms with E-state index in [1.54, 1.807) is 0 Å². The maximum Gasteiger partial charge on any atom is 0.223 e. The molecule has 3 rings (SSSR count). The van der Waals surface area contributed by atoms with Gasteiger partial charge in [0.25, 0.3) is 0 Å². The van der Waals surface area contributed by atoms with E-state index in [9.17, 15) is 4.79 Å². The second kappa shape index (κ2) is 9.22. The van der Waals surface area contributed by atoms with Crippen LogP contribution in [0.15, 0.2) is 36.4 Å². The third-order valence-electron chi connectivity index (χ3n) is 5.65. The SMILES string of the molecule is Cc1cccc(N2CCN(CCC(C)NC(=O)C3CC=CCC3)CC2)c1. The summed E-state index contributed by atoms with van der Waals surface area (Å²) in [6, 6.07) is 9.03. The third-order valence-corrected chi connectivity index (χ3v) is 5.65. The van der Waals surface area contributed by atoms with E-state index in [4.69, 9.17) is 0 Å². The van der Waals surface area contributed by atoms with Crippen molar-refractivity contribution in [1.29, 1.82) is 0 Å². The molecule has 0 spiro atoms. The molecule has 0 radical (unpaired) electrons. The van der Waals surface area contributed by atoms with Crippen LogP contribution in [0.4, 0.5) is 5.69 Å².